The molecule has 1 fully saturated rings. The first-order chi connectivity index (χ1) is 10.4. The third-order valence-electron chi connectivity index (χ3n) is 4.04. The number of benzene rings is 1. The summed E-state index contributed by atoms with van der Waals surface area (Å²) in [6.07, 6.45) is 2.38. The van der Waals surface area contributed by atoms with Crippen molar-refractivity contribution in [1.82, 2.24) is 4.31 Å². The molecule has 0 spiro atoms. The number of carboxylic acids is 1. The van der Waals surface area contributed by atoms with Crippen molar-refractivity contribution in [2.24, 2.45) is 0 Å². The quantitative estimate of drug-likeness (QED) is 0.854. The smallest absolute Gasteiger partial charge is 0.322 e. The number of fused-ring (bicyclic) bond motifs is 1. The van der Waals surface area contributed by atoms with Crippen LogP contribution in [0, 0.1) is 0 Å². The molecule has 0 saturated carbocycles. The number of piperidine rings is 1. The highest BCUT2D eigenvalue weighted by Crippen LogP contribution is 2.38. The fourth-order valence-electron chi connectivity index (χ4n) is 2.99. The molecule has 2 aliphatic rings. The van der Waals surface area contributed by atoms with E-state index in [0.717, 1.165) is 16.3 Å². The number of aliphatic carboxylic acids is 1. The minimum absolute atomic E-state index is 0.0579. The molecule has 22 heavy (non-hydrogen) atoms. The van der Waals surface area contributed by atoms with Crippen molar-refractivity contribution in [2.45, 2.75) is 36.6 Å². The minimum Gasteiger partial charge on any atom is -0.492 e. The van der Waals surface area contributed by atoms with Gasteiger partial charge < -0.3 is 9.84 Å². The summed E-state index contributed by atoms with van der Waals surface area (Å²) < 4.78 is 33.2. The Hall–Kier alpha value is -1.12. The second-order valence-electron chi connectivity index (χ2n) is 5.46. The average molecular weight is 390 g/mol. The van der Waals surface area contributed by atoms with E-state index >= 15 is 0 Å². The summed E-state index contributed by atoms with van der Waals surface area (Å²) in [5, 5.41) is 9.32. The topological polar surface area (TPSA) is 83.9 Å². The number of hydrogen-bond acceptors (Lipinski definition) is 4. The number of nitrogens with zero attached hydrogens (tertiary/aromatic N) is 1. The van der Waals surface area contributed by atoms with Crippen molar-refractivity contribution < 1.29 is 23.1 Å². The maximum Gasteiger partial charge on any atom is 0.322 e. The van der Waals surface area contributed by atoms with E-state index in [-0.39, 0.29) is 11.4 Å². The molecule has 0 aliphatic carbocycles. The highest BCUT2D eigenvalue weighted by Gasteiger charge is 2.40. The lowest BCUT2D eigenvalue weighted by atomic mass is 10.1. The summed E-state index contributed by atoms with van der Waals surface area (Å²) in [5.74, 6) is -0.742. The van der Waals surface area contributed by atoms with Crippen LogP contribution in [0.1, 0.15) is 24.8 Å². The molecule has 1 aromatic rings. The lowest BCUT2D eigenvalue weighted by molar-refractivity contribution is -0.142. The Morgan fingerprint density at radius 3 is 2.86 bits per heavy atom. The summed E-state index contributed by atoms with van der Waals surface area (Å²) in [7, 11) is -3.91. The van der Waals surface area contributed by atoms with Gasteiger partial charge in [-0.05, 0) is 31.4 Å². The first-order valence-corrected chi connectivity index (χ1v) is 9.34. The van der Waals surface area contributed by atoms with E-state index in [1.54, 1.807) is 0 Å². The van der Waals surface area contributed by atoms with Gasteiger partial charge in [-0.15, -0.1) is 0 Å². The number of rotatable bonds is 3. The molecule has 1 N–H and O–H groups in total. The number of sulfonamides is 1. The Balaban J connectivity index is 2.08. The molecule has 120 valence electrons. The van der Waals surface area contributed by atoms with Crippen molar-refractivity contribution in [3.05, 3.63) is 22.2 Å². The first kappa shape index (κ1) is 15.8. The van der Waals surface area contributed by atoms with Crippen LogP contribution in [0.3, 0.4) is 0 Å². The van der Waals surface area contributed by atoms with Gasteiger partial charge >= 0.3 is 5.97 Å². The first-order valence-electron chi connectivity index (χ1n) is 7.11. The third-order valence-corrected chi connectivity index (χ3v) is 6.41. The van der Waals surface area contributed by atoms with E-state index < -0.39 is 22.0 Å². The zero-order valence-corrected chi connectivity index (χ0v) is 14.2. The SMILES string of the molecule is O=C(O)C1CCCCN1S(=O)(=O)c1cc(Br)cc2c1OCC2. The number of ether oxygens (including phenoxy) is 1. The predicted molar refractivity (Wildman–Crippen MR) is 82.5 cm³/mol. The fourth-order valence-corrected chi connectivity index (χ4v) is 5.50. The Labute approximate surface area is 137 Å². The van der Waals surface area contributed by atoms with E-state index in [1.807, 2.05) is 6.07 Å². The van der Waals surface area contributed by atoms with Gasteiger partial charge in [0.15, 0.2) is 0 Å². The predicted octanol–water partition coefficient (Wildman–Crippen LogP) is 2.01. The minimum atomic E-state index is -3.91. The van der Waals surface area contributed by atoms with Crippen LogP contribution in [0.2, 0.25) is 0 Å². The Bertz CT molecular complexity index is 718. The summed E-state index contributed by atoms with van der Waals surface area (Å²) in [4.78, 5) is 11.5. The highest BCUT2D eigenvalue weighted by atomic mass is 79.9. The van der Waals surface area contributed by atoms with Gasteiger partial charge in [-0.1, -0.05) is 15.9 Å². The van der Waals surface area contributed by atoms with Crippen LogP contribution in [0.25, 0.3) is 0 Å². The van der Waals surface area contributed by atoms with Crippen LogP contribution < -0.4 is 4.74 Å². The number of carbonyl (C=O) groups is 1. The van der Waals surface area contributed by atoms with Gasteiger partial charge in [0, 0.05) is 23.0 Å². The van der Waals surface area contributed by atoms with Gasteiger partial charge in [0.05, 0.1) is 6.61 Å². The molecular weight excluding hydrogens is 374 g/mol. The Kier molecular flexibility index (Phi) is 4.17. The lowest BCUT2D eigenvalue weighted by Crippen LogP contribution is -2.47. The molecule has 0 bridgehead atoms. The van der Waals surface area contributed by atoms with Crippen LogP contribution >= 0.6 is 15.9 Å². The number of carboxylic acid groups (broad SMARTS) is 1. The largest absolute Gasteiger partial charge is 0.492 e. The number of hydrogen-bond donors (Lipinski definition) is 1. The van der Waals surface area contributed by atoms with Crippen molar-refractivity contribution in [3.8, 4) is 5.75 Å². The van der Waals surface area contributed by atoms with Crippen LogP contribution in [-0.4, -0.2) is 43.0 Å². The van der Waals surface area contributed by atoms with Crippen LogP contribution in [-0.2, 0) is 21.2 Å². The van der Waals surface area contributed by atoms with Gasteiger partial charge in [-0.25, -0.2) is 8.42 Å². The molecule has 0 radical (unpaired) electrons. The summed E-state index contributed by atoms with van der Waals surface area (Å²) in [5.41, 5.74) is 0.830. The fraction of sp³-hybridized carbons (Fsp3) is 0.500. The molecule has 1 atom stereocenters. The van der Waals surface area contributed by atoms with E-state index in [1.165, 1.54) is 6.07 Å². The van der Waals surface area contributed by atoms with Crippen molar-refractivity contribution in [2.75, 3.05) is 13.2 Å². The van der Waals surface area contributed by atoms with Gasteiger partial charge in [0.2, 0.25) is 10.0 Å². The van der Waals surface area contributed by atoms with E-state index in [2.05, 4.69) is 15.9 Å². The monoisotopic (exact) mass is 389 g/mol. The molecule has 0 aromatic heterocycles. The lowest BCUT2D eigenvalue weighted by Gasteiger charge is -2.32. The summed E-state index contributed by atoms with van der Waals surface area (Å²) in [6, 6.07) is 2.33. The maximum absolute atomic E-state index is 13.0. The molecule has 1 unspecified atom stereocenters. The van der Waals surface area contributed by atoms with E-state index in [9.17, 15) is 18.3 Å². The molecule has 8 heteroatoms. The van der Waals surface area contributed by atoms with Crippen molar-refractivity contribution >= 4 is 31.9 Å². The van der Waals surface area contributed by atoms with Crippen molar-refractivity contribution in [3.63, 3.8) is 0 Å². The zero-order valence-electron chi connectivity index (χ0n) is 11.8. The zero-order chi connectivity index (χ0) is 15.9. The van der Waals surface area contributed by atoms with Crippen molar-refractivity contribution in [1.29, 1.82) is 0 Å². The molecule has 1 saturated heterocycles. The van der Waals surface area contributed by atoms with Crippen LogP contribution in [0.15, 0.2) is 21.5 Å². The van der Waals surface area contributed by atoms with Gasteiger partial charge in [0.1, 0.15) is 16.7 Å². The summed E-state index contributed by atoms with van der Waals surface area (Å²) >= 11 is 3.32. The average Bonchev–Trinajstić information content (AvgIpc) is 2.94. The molecule has 0 amide bonds. The third kappa shape index (κ3) is 2.63. The second-order valence-corrected chi connectivity index (χ2v) is 8.23. The summed E-state index contributed by atoms with van der Waals surface area (Å²) in [6.45, 7) is 0.664. The molecule has 6 nitrogen and oxygen atoms in total. The van der Waals surface area contributed by atoms with Crippen LogP contribution in [0.5, 0.6) is 5.75 Å². The number of halogens is 1. The highest BCUT2D eigenvalue weighted by molar-refractivity contribution is 9.10. The normalized spacial score (nSPS) is 22.1. The molecule has 3 rings (SSSR count). The van der Waals surface area contributed by atoms with E-state index in [0.29, 0.717) is 36.1 Å². The Morgan fingerprint density at radius 2 is 2.14 bits per heavy atom. The van der Waals surface area contributed by atoms with E-state index in [4.69, 9.17) is 4.74 Å². The second kappa shape index (κ2) is 5.82. The van der Waals surface area contributed by atoms with Crippen LogP contribution in [0.4, 0.5) is 0 Å². The standard InChI is InChI=1S/C14H16BrNO5S/c15-10-7-9-4-6-21-13(9)12(8-10)22(19,20)16-5-2-1-3-11(16)14(17)18/h7-8,11H,1-6H2,(H,17,18). The Morgan fingerprint density at radius 1 is 1.36 bits per heavy atom. The molecule has 1 aromatic carbocycles. The molecular formula is C14H16BrNO5S. The molecule has 2 aliphatic heterocycles. The van der Waals surface area contributed by atoms with Gasteiger partial charge in [-0.3, -0.25) is 4.79 Å². The molecule has 2 heterocycles. The maximum atomic E-state index is 13.0. The van der Waals surface area contributed by atoms with Gasteiger partial charge in [-0.2, -0.15) is 4.31 Å². The van der Waals surface area contributed by atoms with Gasteiger partial charge in [0.25, 0.3) is 0 Å².